The molecule has 11 heteroatoms. The van der Waals surface area contributed by atoms with Gasteiger partial charge in [-0.2, -0.15) is 5.10 Å². The van der Waals surface area contributed by atoms with Crippen molar-refractivity contribution >= 4 is 22.6 Å². The fourth-order valence-corrected chi connectivity index (χ4v) is 5.18. The molecule has 3 aromatic carbocycles. The highest BCUT2D eigenvalue weighted by molar-refractivity contribution is 5.97. The van der Waals surface area contributed by atoms with Crippen LogP contribution in [0, 0.1) is 0 Å². The summed E-state index contributed by atoms with van der Waals surface area (Å²) in [5.41, 5.74) is 9.67. The molecule has 0 unspecified atom stereocenters. The number of amides is 1. The zero-order chi connectivity index (χ0) is 31.7. The zero-order valence-corrected chi connectivity index (χ0v) is 25.3. The van der Waals surface area contributed by atoms with E-state index in [1.165, 1.54) is 10.8 Å². The third-order valence-electron chi connectivity index (χ3n) is 7.23. The van der Waals surface area contributed by atoms with Gasteiger partial charge in [0.2, 0.25) is 0 Å². The van der Waals surface area contributed by atoms with E-state index in [0.717, 1.165) is 22.4 Å². The number of nitrogens with zero attached hydrogens (tertiary/aromatic N) is 6. The highest BCUT2D eigenvalue weighted by atomic mass is 16.5. The molecule has 3 heterocycles. The number of hydrogen-bond acceptors (Lipinski definition) is 8. The smallest absolute Gasteiger partial charge is 0.274 e. The van der Waals surface area contributed by atoms with Crippen molar-refractivity contribution in [3.63, 3.8) is 0 Å². The predicted octanol–water partition coefficient (Wildman–Crippen LogP) is 5.10. The normalized spacial score (nSPS) is 11.9. The molecule has 0 aliphatic rings. The lowest BCUT2D eigenvalue weighted by Crippen LogP contribution is -2.34. The summed E-state index contributed by atoms with van der Waals surface area (Å²) in [5, 5.41) is 7.66. The quantitative estimate of drug-likeness (QED) is 0.246. The van der Waals surface area contributed by atoms with Crippen molar-refractivity contribution in [1.82, 2.24) is 34.6 Å². The molecule has 45 heavy (non-hydrogen) atoms. The predicted molar refractivity (Wildman–Crippen MR) is 173 cm³/mol. The van der Waals surface area contributed by atoms with Gasteiger partial charge < -0.3 is 15.8 Å². The number of carbonyl (C=O) groups excluding carboxylic acids is 1. The van der Waals surface area contributed by atoms with E-state index in [0.29, 0.717) is 28.1 Å². The first-order chi connectivity index (χ1) is 21.7. The van der Waals surface area contributed by atoms with Crippen molar-refractivity contribution in [3.05, 3.63) is 113 Å². The van der Waals surface area contributed by atoms with Gasteiger partial charge in [0.1, 0.15) is 11.6 Å². The first kappa shape index (κ1) is 29.2. The number of anilines is 1. The van der Waals surface area contributed by atoms with E-state index in [-0.39, 0.29) is 23.2 Å². The van der Waals surface area contributed by atoms with E-state index in [1.54, 1.807) is 23.9 Å². The van der Waals surface area contributed by atoms with Crippen LogP contribution >= 0.6 is 0 Å². The molecule has 6 rings (SSSR count). The van der Waals surface area contributed by atoms with Gasteiger partial charge >= 0.3 is 0 Å². The van der Waals surface area contributed by atoms with Crippen molar-refractivity contribution in [3.8, 4) is 33.8 Å². The minimum atomic E-state index is -0.714. The highest BCUT2D eigenvalue weighted by Gasteiger charge is 2.24. The summed E-state index contributed by atoms with van der Waals surface area (Å²) >= 11 is 0. The van der Waals surface area contributed by atoms with Crippen LogP contribution in [-0.2, 0) is 7.05 Å². The summed E-state index contributed by atoms with van der Waals surface area (Å²) in [6.45, 7) is 5.67. The van der Waals surface area contributed by atoms with Crippen LogP contribution in [0.4, 0.5) is 5.82 Å². The van der Waals surface area contributed by atoms with Crippen molar-refractivity contribution in [2.75, 3.05) is 5.73 Å². The average Bonchev–Trinajstić information content (AvgIpc) is 3.47. The maximum atomic E-state index is 14.3. The van der Waals surface area contributed by atoms with Gasteiger partial charge in [0.15, 0.2) is 11.5 Å². The van der Waals surface area contributed by atoms with Crippen LogP contribution < -0.4 is 21.3 Å². The molecule has 0 bridgehead atoms. The van der Waals surface area contributed by atoms with Crippen LogP contribution in [0.15, 0.2) is 96.2 Å². The number of nitrogen functional groups attached to an aromatic ring is 1. The van der Waals surface area contributed by atoms with Crippen molar-refractivity contribution in [1.29, 1.82) is 0 Å². The summed E-state index contributed by atoms with van der Waals surface area (Å²) in [4.78, 5) is 41.6. The first-order valence-electron chi connectivity index (χ1n) is 14.5. The van der Waals surface area contributed by atoms with Crippen LogP contribution in [0.3, 0.4) is 0 Å². The van der Waals surface area contributed by atoms with Crippen LogP contribution in [0.2, 0.25) is 0 Å². The van der Waals surface area contributed by atoms with E-state index in [4.69, 9.17) is 15.5 Å². The molecule has 0 saturated heterocycles. The topological polar surface area (TPSA) is 143 Å². The minimum absolute atomic E-state index is 0.0174. The second-order valence-corrected chi connectivity index (χ2v) is 10.9. The largest absolute Gasteiger partial charge is 0.491 e. The van der Waals surface area contributed by atoms with Gasteiger partial charge in [0.25, 0.3) is 11.5 Å². The Balaban J connectivity index is 1.38. The molecule has 1 amide bonds. The van der Waals surface area contributed by atoms with Gasteiger partial charge in [-0.1, -0.05) is 30.3 Å². The Morgan fingerprint density at radius 2 is 1.67 bits per heavy atom. The van der Waals surface area contributed by atoms with Crippen molar-refractivity contribution < 1.29 is 9.53 Å². The zero-order valence-electron chi connectivity index (χ0n) is 25.3. The molecular formula is C34H32N8O3. The van der Waals surface area contributed by atoms with Crippen molar-refractivity contribution in [2.45, 2.75) is 32.9 Å². The second-order valence-electron chi connectivity index (χ2n) is 10.9. The van der Waals surface area contributed by atoms with E-state index in [1.807, 2.05) is 93.8 Å². The molecule has 0 aliphatic carbocycles. The van der Waals surface area contributed by atoms with Crippen LogP contribution in [0.25, 0.3) is 39.0 Å². The molecule has 3 N–H and O–H groups in total. The Hall–Kier alpha value is -5.84. The molecule has 0 aliphatic heterocycles. The summed E-state index contributed by atoms with van der Waals surface area (Å²) in [5.74, 6) is 0.506. The molecule has 0 spiro atoms. The van der Waals surface area contributed by atoms with Crippen LogP contribution in [0.1, 0.15) is 43.1 Å². The fraction of sp³-hybridized carbons (Fsp3) is 0.176. The standard InChI is InChI=1S/C34H32N8O3/c1-20(2)45-25-15-13-22(14-16-25)28-18-36-31(35)30(39-28)33(43)38-21(3)32-40-27-12-8-11-26(23-17-37-41(4)19-23)29(27)34(44)42(32)24-9-6-5-7-10-24/h5-21H,1-4H3,(H2,35,36)(H,38,43)/t21-/m1/s1. The van der Waals surface area contributed by atoms with E-state index >= 15 is 0 Å². The third-order valence-corrected chi connectivity index (χ3v) is 7.23. The van der Waals surface area contributed by atoms with E-state index in [2.05, 4.69) is 20.4 Å². The number of aromatic nitrogens is 6. The molecule has 0 radical (unpaired) electrons. The number of nitrogens with two attached hydrogens (primary N) is 1. The number of fused-ring (bicyclic) bond motifs is 1. The molecular weight excluding hydrogens is 568 g/mol. The van der Waals surface area contributed by atoms with Gasteiger partial charge in [-0.15, -0.1) is 0 Å². The Bertz CT molecular complexity index is 2070. The van der Waals surface area contributed by atoms with E-state index < -0.39 is 11.9 Å². The lowest BCUT2D eigenvalue weighted by molar-refractivity contribution is 0.0933. The Kier molecular flexibility index (Phi) is 7.82. The van der Waals surface area contributed by atoms with Crippen LogP contribution in [-0.4, -0.2) is 41.3 Å². The van der Waals surface area contributed by atoms with Gasteiger partial charge in [0.05, 0.1) is 46.8 Å². The average molecular weight is 601 g/mol. The molecule has 226 valence electrons. The molecule has 6 aromatic rings. The Morgan fingerprint density at radius 3 is 2.36 bits per heavy atom. The molecule has 11 nitrogen and oxygen atoms in total. The molecule has 1 atom stereocenters. The number of carbonyl (C=O) groups is 1. The van der Waals surface area contributed by atoms with Gasteiger partial charge in [0, 0.05) is 24.4 Å². The third kappa shape index (κ3) is 5.87. The fourth-order valence-electron chi connectivity index (χ4n) is 5.18. The molecule has 3 aromatic heterocycles. The SMILES string of the molecule is CC(C)Oc1ccc(-c2cnc(N)c(C(=O)N[C@H](C)c3nc4cccc(-c5cnn(C)c5)c4c(=O)n3-c3ccccc3)n2)cc1. The summed E-state index contributed by atoms with van der Waals surface area (Å²) in [7, 11) is 1.82. The maximum absolute atomic E-state index is 14.3. The number of benzene rings is 3. The van der Waals surface area contributed by atoms with Gasteiger partial charge in [-0.05, 0) is 68.8 Å². The van der Waals surface area contributed by atoms with Crippen molar-refractivity contribution in [2.24, 2.45) is 7.05 Å². The monoisotopic (exact) mass is 600 g/mol. The Morgan fingerprint density at radius 1 is 0.911 bits per heavy atom. The maximum Gasteiger partial charge on any atom is 0.274 e. The first-order valence-corrected chi connectivity index (χ1v) is 14.5. The number of ether oxygens (including phenoxy) is 1. The van der Waals surface area contributed by atoms with Gasteiger partial charge in [-0.25, -0.2) is 15.0 Å². The highest BCUT2D eigenvalue weighted by Crippen LogP contribution is 2.28. The Labute approximate surface area is 259 Å². The van der Waals surface area contributed by atoms with E-state index in [9.17, 15) is 9.59 Å². The number of hydrogen-bond donors (Lipinski definition) is 2. The van der Waals surface area contributed by atoms with Crippen LogP contribution in [0.5, 0.6) is 5.75 Å². The lowest BCUT2D eigenvalue weighted by atomic mass is 10.0. The molecule has 0 fully saturated rings. The number of para-hydroxylation sites is 1. The lowest BCUT2D eigenvalue weighted by Gasteiger charge is -2.20. The second kappa shape index (κ2) is 12.0. The molecule has 0 saturated carbocycles. The number of rotatable bonds is 8. The number of nitrogens with one attached hydrogen (secondary N) is 1. The summed E-state index contributed by atoms with van der Waals surface area (Å²) in [6.07, 6.45) is 5.13. The van der Waals surface area contributed by atoms with Gasteiger partial charge in [-0.3, -0.25) is 18.8 Å². The summed E-state index contributed by atoms with van der Waals surface area (Å²) in [6, 6.07) is 21.4. The number of aryl methyl sites for hydroxylation is 1. The minimum Gasteiger partial charge on any atom is -0.491 e. The summed E-state index contributed by atoms with van der Waals surface area (Å²) < 4.78 is 8.94.